The molecule has 1 fully saturated rings. The number of piperidine rings is 1. The van der Waals surface area contributed by atoms with Crippen LogP contribution < -0.4 is 5.56 Å². The molecule has 5 heteroatoms. The van der Waals surface area contributed by atoms with Crippen LogP contribution in [0, 0.1) is 6.92 Å². The van der Waals surface area contributed by atoms with Crippen molar-refractivity contribution in [3.8, 4) is 11.3 Å². The van der Waals surface area contributed by atoms with Gasteiger partial charge in [0.2, 0.25) is 0 Å². The van der Waals surface area contributed by atoms with Crippen molar-refractivity contribution in [1.82, 2.24) is 14.9 Å². The Balaban J connectivity index is 1.31. The lowest BCUT2D eigenvalue weighted by molar-refractivity contribution is 0.0711. The average Bonchev–Trinajstić information content (AvgIpc) is 3.23. The molecule has 1 aliphatic rings. The molecule has 0 spiro atoms. The number of amides is 1. The maximum absolute atomic E-state index is 13.0. The number of nitrogens with zero attached hydrogens (tertiary/aromatic N) is 1. The number of hydrogen-bond donors (Lipinski definition) is 2. The molecular weight excluding hydrogens is 386 g/mol. The molecule has 0 atom stereocenters. The molecule has 0 unspecified atom stereocenters. The average molecular weight is 412 g/mol. The Hall–Kier alpha value is -3.60. The van der Waals surface area contributed by atoms with Crippen LogP contribution in [0.1, 0.15) is 40.2 Å². The van der Waals surface area contributed by atoms with Crippen LogP contribution in [0.15, 0.2) is 71.7 Å². The Kier molecular flexibility index (Phi) is 4.94. The first kappa shape index (κ1) is 19.4. The number of rotatable bonds is 3. The summed E-state index contributed by atoms with van der Waals surface area (Å²) < 4.78 is 0. The number of likely N-dealkylation sites (tertiary alicyclic amines) is 1. The minimum absolute atomic E-state index is 0.186. The first-order valence-electron chi connectivity index (χ1n) is 10.8. The molecule has 3 heterocycles. The second kappa shape index (κ2) is 7.91. The summed E-state index contributed by atoms with van der Waals surface area (Å²) in [6.07, 6.45) is 3.89. The van der Waals surface area contributed by atoms with Gasteiger partial charge in [0.1, 0.15) is 5.56 Å². The van der Waals surface area contributed by atoms with Crippen molar-refractivity contribution in [3.63, 3.8) is 0 Å². The number of fused-ring (bicyclic) bond motifs is 1. The fourth-order valence-electron chi connectivity index (χ4n) is 4.62. The number of pyridine rings is 1. The van der Waals surface area contributed by atoms with Crippen LogP contribution in [0.25, 0.3) is 22.2 Å². The van der Waals surface area contributed by atoms with E-state index in [1.54, 1.807) is 6.07 Å². The summed E-state index contributed by atoms with van der Waals surface area (Å²) in [5, 5.41) is 1.26. The number of hydrogen-bond acceptors (Lipinski definition) is 2. The smallest absolute Gasteiger partial charge is 0.261 e. The van der Waals surface area contributed by atoms with Gasteiger partial charge in [-0.15, -0.1) is 0 Å². The summed E-state index contributed by atoms with van der Waals surface area (Å²) in [6.45, 7) is 3.32. The third kappa shape index (κ3) is 3.67. The van der Waals surface area contributed by atoms with Gasteiger partial charge in [0.05, 0.1) is 0 Å². The molecule has 5 rings (SSSR count). The molecule has 0 radical (unpaired) electrons. The molecular formula is C26H25N3O2. The first-order valence-corrected chi connectivity index (χ1v) is 10.8. The van der Waals surface area contributed by atoms with E-state index < -0.39 is 0 Å². The Bertz CT molecular complexity index is 1310. The van der Waals surface area contributed by atoms with Crippen molar-refractivity contribution in [2.45, 2.75) is 25.7 Å². The molecule has 2 N–H and O–H groups in total. The normalized spacial score (nSPS) is 14.8. The molecule has 4 aromatic rings. The highest BCUT2D eigenvalue weighted by molar-refractivity contribution is 5.94. The van der Waals surface area contributed by atoms with Gasteiger partial charge in [0, 0.05) is 35.9 Å². The number of carbonyl (C=O) groups is 1. The summed E-state index contributed by atoms with van der Waals surface area (Å²) in [4.78, 5) is 33.7. The van der Waals surface area contributed by atoms with Crippen LogP contribution in [0.2, 0.25) is 0 Å². The van der Waals surface area contributed by atoms with Crippen LogP contribution in [0.3, 0.4) is 0 Å². The summed E-state index contributed by atoms with van der Waals surface area (Å²) >= 11 is 0. The molecule has 156 valence electrons. The number of aryl methyl sites for hydroxylation is 1. The highest BCUT2D eigenvalue weighted by Crippen LogP contribution is 2.33. The standard InChI is InChI=1S/C26H25N3O2/c1-17-5-4-6-19(15-17)23-10-9-21(25(30)28-23)26(31)29-13-11-18(12-14-29)22-16-27-24-8-3-2-7-20(22)24/h2-10,15-16,18,27H,11-14H2,1H3,(H,28,30). The van der Waals surface area contributed by atoms with E-state index in [9.17, 15) is 9.59 Å². The maximum Gasteiger partial charge on any atom is 0.261 e. The molecule has 0 saturated carbocycles. The third-order valence-electron chi connectivity index (χ3n) is 6.31. The number of nitrogens with one attached hydrogen (secondary N) is 2. The highest BCUT2D eigenvalue weighted by Gasteiger charge is 2.27. The zero-order chi connectivity index (χ0) is 21.4. The van der Waals surface area contributed by atoms with Crippen molar-refractivity contribution in [2.75, 3.05) is 13.1 Å². The second-order valence-corrected chi connectivity index (χ2v) is 8.34. The van der Waals surface area contributed by atoms with Crippen molar-refractivity contribution in [3.05, 3.63) is 93.9 Å². The molecule has 0 bridgehead atoms. The number of para-hydroxylation sites is 1. The number of aromatic amines is 2. The van der Waals surface area contributed by atoms with Crippen LogP contribution in [-0.2, 0) is 0 Å². The summed E-state index contributed by atoms with van der Waals surface area (Å²) in [5.41, 5.74) is 5.14. The number of carbonyl (C=O) groups excluding carboxylic acids is 1. The molecule has 0 aliphatic carbocycles. The van der Waals surface area contributed by atoms with E-state index in [0.29, 0.717) is 19.0 Å². The number of aromatic nitrogens is 2. The zero-order valence-electron chi connectivity index (χ0n) is 17.5. The summed E-state index contributed by atoms with van der Waals surface area (Å²) in [6, 6.07) is 19.7. The van der Waals surface area contributed by atoms with Gasteiger partial charge < -0.3 is 14.9 Å². The zero-order valence-corrected chi connectivity index (χ0v) is 17.5. The lowest BCUT2D eigenvalue weighted by Gasteiger charge is -2.32. The van der Waals surface area contributed by atoms with E-state index in [1.807, 2.05) is 48.2 Å². The van der Waals surface area contributed by atoms with Crippen molar-refractivity contribution >= 4 is 16.8 Å². The van der Waals surface area contributed by atoms with Crippen LogP contribution in [0.5, 0.6) is 0 Å². The van der Waals surface area contributed by atoms with Crippen LogP contribution in [-0.4, -0.2) is 33.9 Å². The third-order valence-corrected chi connectivity index (χ3v) is 6.31. The van der Waals surface area contributed by atoms with Gasteiger partial charge in [0.15, 0.2) is 0 Å². The molecule has 1 amide bonds. The topological polar surface area (TPSA) is 69.0 Å². The van der Waals surface area contributed by atoms with Crippen LogP contribution in [0.4, 0.5) is 0 Å². The van der Waals surface area contributed by atoms with Gasteiger partial charge >= 0.3 is 0 Å². The van der Waals surface area contributed by atoms with E-state index in [1.165, 1.54) is 10.9 Å². The highest BCUT2D eigenvalue weighted by atomic mass is 16.2. The Morgan fingerprint density at radius 2 is 1.81 bits per heavy atom. The molecule has 5 nitrogen and oxygen atoms in total. The van der Waals surface area contributed by atoms with Crippen LogP contribution >= 0.6 is 0 Å². The SMILES string of the molecule is Cc1cccc(-c2ccc(C(=O)N3CCC(c4c[nH]c5ccccc45)CC3)c(=O)[nH]2)c1. The van der Waals surface area contributed by atoms with Crippen molar-refractivity contribution in [1.29, 1.82) is 0 Å². The van der Waals surface area contributed by atoms with Crippen molar-refractivity contribution in [2.24, 2.45) is 0 Å². The Morgan fingerprint density at radius 3 is 2.58 bits per heavy atom. The lowest BCUT2D eigenvalue weighted by atomic mass is 9.89. The van der Waals surface area contributed by atoms with Gasteiger partial charge in [-0.3, -0.25) is 9.59 Å². The minimum Gasteiger partial charge on any atom is -0.361 e. The minimum atomic E-state index is -0.331. The fourth-order valence-corrected chi connectivity index (χ4v) is 4.62. The Labute approximate surface area is 180 Å². The van der Waals surface area contributed by atoms with Gasteiger partial charge in [-0.1, -0.05) is 42.0 Å². The van der Waals surface area contributed by atoms with Gasteiger partial charge in [-0.2, -0.15) is 0 Å². The largest absolute Gasteiger partial charge is 0.361 e. The predicted molar refractivity (Wildman–Crippen MR) is 123 cm³/mol. The lowest BCUT2D eigenvalue weighted by Crippen LogP contribution is -2.40. The van der Waals surface area contributed by atoms with E-state index in [0.717, 1.165) is 35.2 Å². The fraction of sp³-hybridized carbons (Fsp3) is 0.231. The predicted octanol–water partition coefficient (Wildman–Crippen LogP) is 4.85. The van der Waals surface area contributed by atoms with Gasteiger partial charge in [-0.25, -0.2) is 0 Å². The monoisotopic (exact) mass is 411 g/mol. The second-order valence-electron chi connectivity index (χ2n) is 8.34. The van der Waals surface area contributed by atoms with E-state index in [2.05, 4.69) is 34.4 Å². The first-order chi connectivity index (χ1) is 15.1. The summed E-state index contributed by atoms with van der Waals surface area (Å²) in [5.74, 6) is 0.233. The van der Waals surface area contributed by atoms with Gasteiger partial charge in [0.25, 0.3) is 11.5 Å². The number of benzene rings is 2. The van der Waals surface area contributed by atoms with E-state index in [4.69, 9.17) is 0 Å². The molecule has 2 aromatic carbocycles. The van der Waals surface area contributed by atoms with Gasteiger partial charge in [-0.05, 0) is 61.1 Å². The number of H-pyrrole nitrogens is 2. The maximum atomic E-state index is 13.0. The van der Waals surface area contributed by atoms with E-state index >= 15 is 0 Å². The quantitative estimate of drug-likeness (QED) is 0.506. The molecule has 2 aromatic heterocycles. The van der Waals surface area contributed by atoms with Crippen molar-refractivity contribution < 1.29 is 4.79 Å². The molecule has 1 saturated heterocycles. The summed E-state index contributed by atoms with van der Waals surface area (Å²) in [7, 11) is 0. The molecule has 31 heavy (non-hydrogen) atoms. The Morgan fingerprint density at radius 1 is 1.00 bits per heavy atom. The van der Waals surface area contributed by atoms with E-state index in [-0.39, 0.29) is 17.0 Å². The molecule has 1 aliphatic heterocycles.